The number of hydrogen-bond acceptors (Lipinski definition) is 4. The minimum absolute atomic E-state index is 0.275. The quantitative estimate of drug-likeness (QED) is 0.524. The van der Waals surface area contributed by atoms with Crippen LogP contribution in [-0.4, -0.2) is 24.4 Å². The fraction of sp³-hybridized carbons (Fsp3) is 0.0455. The van der Waals surface area contributed by atoms with E-state index in [0.717, 1.165) is 34.4 Å². The molecule has 0 bridgehead atoms. The third kappa shape index (κ3) is 3.12. The minimum Gasteiger partial charge on any atom is -0.366 e. The number of pyridine rings is 1. The average Bonchev–Trinajstić information content (AvgIpc) is 3.34. The van der Waals surface area contributed by atoms with Crippen molar-refractivity contribution in [1.82, 2.24) is 24.4 Å². The molecule has 6 nitrogen and oxygen atoms in total. The van der Waals surface area contributed by atoms with Crippen LogP contribution in [0.3, 0.4) is 0 Å². The molecule has 136 valence electrons. The van der Waals surface area contributed by atoms with Gasteiger partial charge < -0.3 is 5.73 Å². The highest BCUT2D eigenvalue weighted by molar-refractivity contribution is 5.74. The Morgan fingerprint density at radius 1 is 0.821 bits per heavy atom. The van der Waals surface area contributed by atoms with Crippen molar-refractivity contribution in [3.63, 3.8) is 0 Å². The summed E-state index contributed by atoms with van der Waals surface area (Å²) in [5.74, 6) is 0.275. The molecule has 6 heteroatoms. The number of anilines is 1. The lowest BCUT2D eigenvalue weighted by molar-refractivity contribution is 0.687. The van der Waals surface area contributed by atoms with Crippen molar-refractivity contribution < 1.29 is 0 Å². The maximum absolute atomic E-state index is 5.68. The number of nitrogens with zero attached hydrogens (tertiary/aromatic N) is 5. The number of benzene rings is 2. The second-order valence-electron chi connectivity index (χ2n) is 6.68. The van der Waals surface area contributed by atoms with Gasteiger partial charge in [0.2, 0.25) is 5.95 Å². The summed E-state index contributed by atoms with van der Waals surface area (Å²) in [6.45, 7) is 0.755. The summed E-state index contributed by atoms with van der Waals surface area (Å²) < 4.78 is 3.64. The van der Waals surface area contributed by atoms with Crippen LogP contribution < -0.4 is 5.73 Å². The van der Waals surface area contributed by atoms with Gasteiger partial charge in [-0.3, -0.25) is 4.68 Å². The summed E-state index contributed by atoms with van der Waals surface area (Å²) in [5, 5.41) is 8.64. The van der Waals surface area contributed by atoms with E-state index in [2.05, 4.69) is 57.8 Å². The normalized spacial score (nSPS) is 11.1. The van der Waals surface area contributed by atoms with Gasteiger partial charge >= 0.3 is 0 Å². The lowest BCUT2D eigenvalue weighted by Crippen LogP contribution is -1.99. The van der Waals surface area contributed by atoms with Gasteiger partial charge in [0, 0.05) is 18.0 Å². The molecule has 0 radical (unpaired) electrons. The summed E-state index contributed by atoms with van der Waals surface area (Å²) in [4.78, 5) is 4.24. The van der Waals surface area contributed by atoms with E-state index in [0.29, 0.717) is 0 Å². The first kappa shape index (κ1) is 16.3. The van der Waals surface area contributed by atoms with Gasteiger partial charge in [-0.1, -0.05) is 48.5 Å². The Kier molecular flexibility index (Phi) is 3.87. The second kappa shape index (κ2) is 6.66. The van der Waals surface area contributed by atoms with Crippen molar-refractivity contribution in [3.8, 4) is 22.3 Å². The standard InChI is InChI=1S/C22H18N6/c23-22-25-21-12-19(9-10-28(21)26-22)17-7-4-8-18(11-17)20-13-24-27(15-20)14-16-5-2-1-3-6-16/h1-13,15H,14H2,(H2,23,26). The zero-order chi connectivity index (χ0) is 18.9. The molecule has 3 heterocycles. The predicted molar refractivity (Wildman–Crippen MR) is 110 cm³/mol. The molecule has 0 saturated heterocycles. The van der Waals surface area contributed by atoms with Crippen LogP contribution in [-0.2, 0) is 6.54 Å². The highest BCUT2D eigenvalue weighted by Gasteiger charge is 2.07. The third-order valence-corrected chi connectivity index (χ3v) is 4.70. The van der Waals surface area contributed by atoms with E-state index in [9.17, 15) is 0 Å². The molecule has 2 N–H and O–H groups in total. The van der Waals surface area contributed by atoms with Gasteiger partial charge in [-0.25, -0.2) is 4.52 Å². The summed E-state index contributed by atoms with van der Waals surface area (Å²) in [5.41, 5.74) is 12.0. The van der Waals surface area contributed by atoms with Crippen molar-refractivity contribution in [1.29, 1.82) is 0 Å². The number of rotatable bonds is 4. The number of nitrogens with two attached hydrogens (primary N) is 1. The lowest BCUT2D eigenvalue weighted by atomic mass is 10.0. The molecule has 5 rings (SSSR count). The largest absolute Gasteiger partial charge is 0.366 e. The molecule has 0 saturated carbocycles. The van der Waals surface area contributed by atoms with Crippen molar-refractivity contribution in [2.75, 3.05) is 5.73 Å². The molecule has 0 aliphatic heterocycles. The number of fused-ring (bicyclic) bond motifs is 1. The smallest absolute Gasteiger partial charge is 0.240 e. The van der Waals surface area contributed by atoms with Crippen molar-refractivity contribution in [2.24, 2.45) is 0 Å². The number of aromatic nitrogens is 5. The first-order chi connectivity index (χ1) is 13.7. The van der Waals surface area contributed by atoms with Gasteiger partial charge in [-0.05, 0) is 40.5 Å². The molecule has 0 spiro atoms. The fourth-order valence-electron chi connectivity index (χ4n) is 3.33. The van der Waals surface area contributed by atoms with E-state index in [1.807, 2.05) is 47.4 Å². The van der Waals surface area contributed by atoms with Crippen LogP contribution in [0.25, 0.3) is 27.9 Å². The Morgan fingerprint density at radius 2 is 1.61 bits per heavy atom. The first-order valence-electron chi connectivity index (χ1n) is 9.04. The first-order valence-corrected chi connectivity index (χ1v) is 9.04. The van der Waals surface area contributed by atoms with Crippen LogP contribution in [0.15, 0.2) is 85.3 Å². The van der Waals surface area contributed by atoms with E-state index >= 15 is 0 Å². The molecule has 2 aromatic carbocycles. The molecule has 0 amide bonds. The number of nitrogen functional groups attached to an aromatic ring is 1. The molecular weight excluding hydrogens is 348 g/mol. The molecule has 0 atom stereocenters. The van der Waals surface area contributed by atoms with Crippen LogP contribution in [0, 0.1) is 0 Å². The monoisotopic (exact) mass is 366 g/mol. The Labute approximate surface area is 161 Å². The van der Waals surface area contributed by atoms with Gasteiger partial charge in [0.15, 0.2) is 5.65 Å². The van der Waals surface area contributed by atoms with Gasteiger partial charge in [0.25, 0.3) is 0 Å². The van der Waals surface area contributed by atoms with Gasteiger partial charge in [-0.2, -0.15) is 10.1 Å². The van der Waals surface area contributed by atoms with Crippen molar-refractivity contribution in [3.05, 3.63) is 90.9 Å². The summed E-state index contributed by atoms with van der Waals surface area (Å²) in [6.07, 6.45) is 5.86. The topological polar surface area (TPSA) is 74.0 Å². The van der Waals surface area contributed by atoms with Crippen LogP contribution >= 0.6 is 0 Å². The molecule has 28 heavy (non-hydrogen) atoms. The van der Waals surface area contributed by atoms with Gasteiger partial charge in [-0.15, -0.1) is 5.10 Å². The van der Waals surface area contributed by atoms with E-state index in [1.165, 1.54) is 5.56 Å². The van der Waals surface area contributed by atoms with Gasteiger partial charge in [0.1, 0.15) is 0 Å². The second-order valence-corrected chi connectivity index (χ2v) is 6.68. The van der Waals surface area contributed by atoms with E-state index in [4.69, 9.17) is 5.73 Å². The molecule has 0 unspecified atom stereocenters. The Balaban J connectivity index is 1.45. The summed E-state index contributed by atoms with van der Waals surface area (Å²) in [7, 11) is 0. The third-order valence-electron chi connectivity index (χ3n) is 4.70. The maximum atomic E-state index is 5.68. The summed E-state index contributed by atoms with van der Waals surface area (Å²) >= 11 is 0. The lowest BCUT2D eigenvalue weighted by Gasteiger charge is -2.05. The van der Waals surface area contributed by atoms with E-state index in [1.54, 1.807) is 4.52 Å². The molecule has 0 aliphatic carbocycles. The zero-order valence-electron chi connectivity index (χ0n) is 15.1. The molecule has 0 aliphatic rings. The Morgan fingerprint density at radius 3 is 2.46 bits per heavy atom. The van der Waals surface area contributed by atoms with Crippen molar-refractivity contribution in [2.45, 2.75) is 6.54 Å². The predicted octanol–water partition coefficient (Wildman–Crippen LogP) is 3.89. The van der Waals surface area contributed by atoms with E-state index in [-0.39, 0.29) is 5.95 Å². The molecule has 5 aromatic rings. The average molecular weight is 366 g/mol. The van der Waals surface area contributed by atoms with Gasteiger partial charge in [0.05, 0.1) is 12.7 Å². The van der Waals surface area contributed by atoms with Crippen molar-refractivity contribution >= 4 is 11.6 Å². The number of hydrogen-bond donors (Lipinski definition) is 1. The van der Waals surface area contributed by atoms with Crippen LogP contribution in [0.2, 0.25) is 0 Å². The summed E-state index contributed by atoms with van der Waals surface area (Å²) in [6, 6.07) is 22.7. The van der Waals surface area contributed by atoms with E-state index < -0.39 is 0 Å². The maximum Gasteiger partial charge on any atom is 0.240 e. The Bertz CT molecular complexity index is 1250. The molecular formula is C22H18N6. The highest BCUT2D eigenvalue weighted by atomic mass is 15.3. The highest BCUT2D eigenvalue weighted by Crippen LogP contribution is 2.27. The van der Waals surface area contributed by atoms with Crippen LogP contribution in [0.1, 0.15) is 5.56 Å². The molecule has 3 aromatic heterocycles. The SMILES string of the molecule is Nc1nc2cc(-c3cccc(-c4cnn(Cc5ccccc5)c4)c3)ccn2n1. The zero-order valence-corrected chi connectivity index (χ0v) is 15.1. The fourth-order valence-corrected chi connectivity index (χ4v) is 3.33. The van der Waals surface area contributed by atoms with Crippen LogP contribution in [0.4, 0.5) is 5.95 Å². The van der Waals surface area contributed by atoms with Crippen LogP contribution in [0.5, 0.6) is 0 Å². The molecule has 0 fully saturated rings. The minimum atomic E-state index is 0.275. The Hall–Kier alpha value is -3.93.